The average molecular weight is 421 g/mol. The number of amides is 1. The van der Waals surface area contributed by atoms with Crippen molar-refractivity contribution in [3.8, 4) is 0 Å². The molecule has 0 fully saturated rings. The van der Waals surface area contributed by atoms with Crippen LogP contribution in [0, 0.1) is 5.82 Å². The summed E-state index contributed by atoms with van der Waals surface area (Å²) in [6.07, 6.45) is 1.28. The maximum atomic E-state index is 13.4. The van der Waals surface area contributed by atoms with Gasteiger partial charge in [-0.25, -0.2) is 14.1 Å². The number of halogens is 1. The molecular formula is C21H20FN7O2. The Labute approximate surface area is 176 Å². The van der Waals surface area contributed by atoms with Gasteiger partial charge in [0, 0.05) is 25.5 Å². The van der Waals surface area contributed by atoms with Gasteiger partial charge >= 0.3 is 0 Å². The van der Waals surface area contributed by atoms with Gasteiger partial charge in [0.15, 0.2) is 11.2 Å². The summed E-state index contributed by atoms with van der Waals surface area (Å²) >= 11 is 0. The third-order valence-corrected chi connectivity index (χ3v) is 4.69. The van der Waals surface area contributed by atoms with E-state index in [9.17, 15) is 14.0 Å². The molecule has 10 heteroatoms. The van der Waals surface area contributed by atoms with Gasteiger partial charge in [-0.1, -0.05) is 17.3 Å². The molecule has 9 nitrogen and oxygen atoms in total. The van der Waals surface area contributed by atoms with Gasteiger partial charge in [0.1, 0.15) is 18.7 Å². The van der Waals surface area contributed by atoms with Crippen molar-refractivity contribution in [1.82, 2.24) is 24.5 Å². The molecule has 2 heterocycles. The molecule has 1 N–H and O–H groups in total. The molecule has 0 spiro atoms. The summed E-state index contributed by atoms with van der Waals surface area (Å²) in [6, 6.07) is 13.4. The van der Waals surface area contributed by atoms with Crippen molar-refractivity contribution in [3.05, 3.63) is 76.6 Å². The van der Waals surface area contributed by atoms with Gasteiger partial charge in [0.05, 0.1) is 6.54 Å². The SMILES string of the molecule is CN(C)c1ccc(NC(=O)Cn2cnc3c(nnn3Cc3cccc(F)c3)c2=O)cc1. The van der Waals surface area contributed by atoms with Crippen LogP contribution in [-0.2, 0) is 17.9 Å². The third-order valence-electron chi connectivity index (χ3n) is 4.69. The minimum absolute atomic E-state index is 0.0436. The molecule has 2 aromatic heterocycles. The van der Waals surface area contributed by atoms with Gasteiger partial charge in [0.25, 0.3) is 5.56 Å². The average Bonchev–Trinajstić information content (AvgIpc) is 3.14. The first-order valence-electron chi connectivity index (χ1n) is 9.51. The first kappa shape index (κ1) is 20.2. The number of carbonyl (C=O) groups is 1. The predicted molar refractivity (Wildman–Crippen MR) is 114 cm³/mol. The minimum Gasteiger partial charge on any atom is -0.378 e. The first-order valence-corrected chi connectivity index (χ1v) is 9.51. The van der Waals surface area contributed by atoms with Gasteiger partial charge in [-0.15, -0.1) is 5.10 Å². The van der Waals surface area contributed by atoms with Gasteiger partial charge in [-0.3, -0.25) is 14.2 Å². The number of nitrogens with one attached hydrogen (secondary N) is 1. The lowest BCUT2D eigenvalue weighted by atomic mass is 10.2. The second kappa shape index (κ2) is 8.34. The van der Waals surface area contributed by atoms with Crippen LogP contribution in [0.4, 0.5) is 15.8 Å². The van der Waals surface area contributed by atoms with Crippen molar-refractivity contribution in [2.24, 2.45) is 0 Å². The number of nitrogens with zero attached hydrogens (tertiary/aromatic N) is 6. The van der Waals surface area contributed by atoms with E-state index in [1.807, 2.05) is 31.1 Å². The smallest absolute Gasteiger partial charge is 0.283 e. The van der Waals surface area contributed by atoms with E-state index in [-0.39, 0.29) is 36.0 Å². The van der Waals surface area contributed by atoms with E-state index in [1.54, 1.807) is 24.3 Å². The molecule has 2 aromatic carbocycles. The fraction of sp³-hybridized carbons (Fsp3) is 0.190. The highest BCUT2D eigenvalue weighted by molar-refractivity contribution is 5.90. The van der Waals surface area contributed by atoms with Gasteiger partial charge in [-0.2, -0.15) is 0 Å². The summed E-state index contributed by atoms with van der Waals surface area (Å²) in [5.74, 6) is -0.729. The van der Waals surface area contributed by atoms with Crippen molar-refractivity contribution >= 4 is 28.4 Å². The maximum Gasteiger partial charge on any atom is 0.283 e. The van der Waals surface area contributed by atoms with E-state index in [4.69, 9.17) is 0 Å². The number of anilines is 2. The summed E-state index contributed by atoms with van der Waals surface area (Å²) in [7, 11) is 3.86. The molecule has 0 atom stereocenters. The molecule has 0 aliphatic heterocycles. The molecule has 0 radical (unpaired) electrons. The monoisotopic (exact) mass is 421 g/mol. The van der Waals surface area contributed by atoms with Gasteiger partial charge in [0.2, 0.25) is 5.91 Å². The summed E-state index contributed by atoms with van der Waals surface area (Å²) < 4.78 is 16.0. The largest absolute Gasteiger partial charge is 0.378 e. The van der Waals surface area contributed by atoms with E-state index >= 15 is 0 Å². The standard InChI is InChI=1S/C21H20FN7O2/c1-27(2)17-8-6-16(7-9-17)24-18(30)12-28-13-23-20-19(21(28)31)25-26-29(20)11-14-4-3-5-15(22)10-14/h3-10,13H,11-12H2,1-2H3,(H,24,30). The lowest BCUT2D eigenvalue weighted by Gasteiger charge is -2.13. The van der Waals surface area contributed by atoms with Crippen LogP contribution < -0.4 is 15.8 Å². The Morgan fingerprint density at radius 1 is 1.16 bits per heavy atom. The molecule has 1 amide bonds. The van der Waals surface area contributed by atoms with Crippen molar-refractivity contribution in [2.75, 3.05) is 24.3 Å². The van der Waals surface area contributed by atoms with Crippen LogP contribution in [0.15, 0.2) is 59.7 Å². The fourth-order valence-corrected chi connectivity index (χ4v) is 3.11. The maximum absolute atomic E-state index is 13.4. The lowest BCUT2D eigenvalue weighted by molar-refractivity contribution is -0.116. The molecule has 31 heavy (non-hydrogen) atoms. The summed E-state index contributed by atoms with van der Waals surface area (Å²) in [4.78, 5) is 31.3. The van der Waals surface area contributed by atoms with Crippen LogP contribution in [0.25, 0.3) is 11.2 Å². The molecule has 0 saturated carbocycles. The Hall–Kier alpha value is -4.08. The Kier molecular flexibility index (Phi) is 5.44. The quantitative estimate of drug-likeness (QED) is 0.511. The van der Waals surface area contributed by atoms with Crippen molar-refractivity contribution < 1.29 is 9.18 Å². The molecule has 158 valence electrons. The number of hydrogen-bond donors (Lipinski definition) is 1. The molecule has 0 saturated heterocycles. The first-order chi connectivity index (χ1) is 14.9. The second-order valence-electron chi connectivity index (χ2n) is 7.22. The minimum atomic E-state index is -0.478. The molecule has 0 unspecified atom stereocenters. The number of aromatic nitrogens is 5. The molecular weight excluding hydrogens is 401 g/mol. The molecule has 0 bridgehead atoms. The van der Waals surface area contributed by atoms with E-state index in [0.717, 1.165) is 5.69 Å². The highest BCUT2D eigenvalue weighted by Crippen LogP contribution is 2.15. The highest BCUT2D eigenvalue weighted by atomic mass is 19.1. The Balaban J connectivity index is 1.50. The van der Waals surface area contributed by atoms with E-state index in [2.05, 4.69) is 20.6 Å². The van der Waals surface area contributed by atoms with Crippen LogP contribution in [0.2, 0.25) is 0 Å². The third kappa shape index (κ3) is 4.42. The zero-order chi connectivity index (χ0) is 22.0. The van der Waals surface area contributed by atoms with Crippen molar-refractivity contribution in [1.29, 1.82) is 0 Å². The van der Waals surface area contributed by atoms with E-state index in [1.165, 1.54) is 27.7 Å². The number of rotatable bonds is 6. The Bertz CT molecular complexity index is 1300. The van der Waals surface area contributed by atoms with Gasteiger partial charge < -0.3 is 10.2 Å². The van der Waals surface area contributed by atoms with Crippen LogP contribution in [0.1, 0.15) is 5.56 Å². The number of hydrogen-bond acceptors (Lipinski definition) is 6. The van der Waals surface area contributed by atoms with E-state index in [0.29, 0.717) is 11.3 Å². The molecule has 4 rings (SSSR count). The lowest BCUT2D eigenvalue weighted by Crippen LogP contribution is -2.28. The normalized spacial score (nSPS) is 10.9. The fourth-order valence-electron chi connectivity index (χ4n) is 3.11. The number of fused-ring (bicyclic) bond motifs is 1. The van der Waals surface area contributed by atoms with Gasteiger partial charge in [-0.05, 0) is 42.0 Å². The van der Waals surface area contributed by atoms with E-state index < -0.39 is 5.56 Å². The summed E-state index contributed by atoms with van der Waals surface area (Å²) in [6.45, 7) is 0.00209. The molecule has 4 aromatic rings. The summed E-state index contributed by atoms with van der Waals surface area (Å²) in [5, 5.41) is 10.6. The topological polar surface area (TPSA) is 97.9 Å². The van der Waals surface area contributed by atoms with Crippen molar-refractivity contribution in [3.63, 3.8) is 0 Å². The second-order valence-corrected chi connectivity index (χ2v) is 7.22. The number of carbonyl (C=O) groups excluding carboxylic acids is 1. The molecule has 0 aliphatic carbocycles. The number of benzene rings is 2. The zero-order valence-electron chi connectivity index (χ0n) is 17.0. The van der Waals surface area contributed by atoms with Crippen molar-refractivity contribution in [2.45, 2.75) is 13.1 Å². The zero-order valence-corrected chi connectivity index (χ0v) is 17.0. The highest BCUT2D eigenvalue weighted by Gasteiger charge is 2.14. The molecule has 0 aliphatic rings. The predicted octanol–water partition coefficient (Wildman–Crippen LogP) is 1.88. The van der Waals surface area contributed by atoms with Crippen LogP contribution >= 0.6 is 0 Å². The van der Waals surface area contributed by atoms with Crippen LogP contribution in [0.5, 0.6) is 0 Å². The summed E-state index contributed by atoms with van der Waals surface area (Å²) in [5.41, 5.74) is 2.13. The Morgan fingerprint density at radius 3 is 2.65 bits per heavy atom. The van der Waals surface area contributed by atoms with Crippen LogP contribution in [-0.4, -0.2) is 44.5 Å². The van der Waals surface area contributed by atoms with Crippen LogP contribution in [0.3, 0.4) is 0 Å². The Morgan fingerprint density at radius 2 is 1.94 bits per heavy atom.